The number of carboxylic acids is 1. The fourth-order valence-electron chi connectivity index (χ4n) is 5.15. The van der Waals surface area contributed by atoms with Crippen molar-refractivity contribution in [2.45, 2.75) is 50.4 Å². The standard InChI is InChI=1S/C27H31FN7O7P/c1-15(24(36)37)33-43(39,42-18-10-5-8-16-7-3-4-9-17(16)18)40-13-19-21(28)27(2,38)25(41-19)35-14-30-20-22(34-11-6-12-34)31-26(29)32-23(20)35/h3-5,7-10,14-15,19,21,25,38H,6,11-13H2,1-2H3,(H,33,39)(H,36,37)(H2,29,31,32)/t15?,19-,21-,25-,27-,43?/m1/s1. The number of nitrogens with two attached hydrogens (primary N) is 1. The van der Waals surface area contributed by atoms with Crippen molar-refractivity contribution >= 4 is 47.4 Å². The zero-order valence-corrected chi connectivity index (χ0v) is 24.2. The second kappa shape index (κ2) is 11.0. The van der Waals surface area contributed by atoms with Gasteiger partial charge in [0, 0.05) is 18.5 Å². The maximum absolute atomic E-state index is 15.8. The van der Waals surface area contributed by atoms with Crippen LogP contribution in [0, 0.1) is 0 Å². The van der Waals surface area contributed by atoms with Gasteiger partial charge in [-0.15, -0.1) is 0 Å². The van der Waals surface area contributed by atoms with Gasteiger partial charge in [0.1, 0.15) is 23.5 Å². The number of carbonyl (C=O) groups is 1. The van der Waals surface area contributed by atoms with Crippen molar-refractivity contribution in [3.63, 3.8) is 0 Å². The van der Waals surface area contributed by atoms with Gasteiger partial charge in [0.25, 0.3) is 0 Å². The van der Waals surface area contributed by atoms with Gasteiger partial charge in [-0.05, 0) is 31.7 Å². The van der Waals surface area contributed by atoms with E-state index in [2.05, 4.69) is 20.0 Å². The molecule has 2 fully saturated rings. The van der Waals surface area contributed by atoms with Gasteiger partial charge in [-0.2, -0.15) is 15.1 Å². The van der Waals surface area contributed by atoms with Gasteiger partial charge in [-0.3, -0.25) is 13.9 Å². The molecule has 2 aromatic carbocycles. The number of hydrogen-bond donors (Lipinski definition) is 4. The topological polar surface area (TPSA) is 187 Å². The van der Waals surface area contributed by atoms with E-state index in [9.17, 15) is 19.6 Å². The Morgan fingerprint density at radius 2 is 2.02 bits per heavy atom. The predicted molar refractivity (Wildman–Crippen MR) is 154 cm³/mol. The summed E-state index contributed by atoms with van der Waals surface area (Å²) in [6.07, 6.45) is -2.41. The molecule has 0 bridgehead atoms. The fraction of sp³-hybridized carbons (Fsp3) is 0.407. The first-order valence-electron chi connectivity index (χ1n) is 13.7. The summed E-state index contributed by atoms with van der Waals surface area (Å²) in [5.41, 5.74) is 4.53. The molecule has 0 spiro atoms. The Labute approximate surface area is 245 Å². The highest BCUT2D eigenvalue weighted by Gasteiger charge is 2.55. The molecule has 4 heterocycles. The van der Waals surface area contributed by atoms with Crippen LogP contribution in [0.4, 0.5) is 16.2 Å². The highest BCUT2D eigenvalue weighted by molar-refractivity contribution is 7.52. The number of fused-ring (bicyclic) bond motifs is 2. The maximum atomic E-state index is 15.8. The molecule has 0 amide bonds. The van der Waals surface area contributed by atoms with Crippen LogP contribution < -0.4 is 20.2 Å². The van der Waals surface area contributed by atoms with Crippen LogP contribution in [-0.2, 0) is 18.6 Å². The summed E-state index contributed by atoms with van der Waals surface area (Å²) >= 11 is 0. The summed E-state index contributed by atoms with van der Waals surface area (Å²) < 4.78 is 48.4. The first-order chi connectivity index (χ1) is 20.5. The number of imidazole rings is 1. The number of aliphatic hydroxyl groups is 1. The first kappa shape index (κ1) is 29.2. The summed E-state index contributed by atoms with van der Waals surface area (Å²) in [5, 5.41) is 24.5. The van der Waals surface area contributed by atoms with Crippen LogP contribution in [0.1, 0.15) is 26.5 Å². The van der Waals surface area contributed by atoms with Crippen LogP contribution in [0.25, 0.3) is 21.9 Å². The number of nitrogens with zero attached hydrogens (tertiary/aromatic N) is 5. The fourth-order valence-corrected chi connectivity index (χ4v) is 6.68. The minimum atomic E-state index is -4.44. The van der Waals surface area contributed by atoms with E-state index in [1.54, 1.807) is 24.3 Å². The Balaban J connectivity index is 1.26. The van der Waals surface area contributed by atoms with Crippen LogP contribution in [0.15, 0.2) is 48.8 Å². The van der Waals surface area contributed by atoms with E-state index in [0.29, 0.717) is 16.7 Å². The third kappa shape index (κ3) is 5.38. The van der Waals surface area contributed by atoms with Gasteiger partial charge in [0.05, 0.1) is 12.9 Å². The predicted octanol–water partition coefficient (Wildman–Crippen LogP) is 3.02. The number of aliphatic carboxylic acids is 1. The minimum Gasteiger partial charge on any atom is -0.480 e. The number of carboxylic acid groups (broad SMARTS) is 1. The quantitative estimate of drug-likeness (QED) is 0.191. The lowest BCUT2D eigenvalue weighted by molar-refractivity contribution is -0.138. The monoisotopic (exact) mass is 615 g/mol. The molecule has 2 aliphatic rings. The SMILES string of the molecule is CC(NP(=O)(OC[C@H]1O[C@@H](n2cnc3c(N4CCC4)nc(N)nc32)[C@](C)(O)[C@@H]1F)Oc1cccc2ccccc12)C(=O)O. The molecule has 0 saturated carbocycles. The number of nitrogen functional groups attached to an aromatic ring is 1. The molecule has 2 aromatic heterocycles. The summed E-state index contributed by atoms with van der Waals surface area (Å²) in [4.78, 5) is 26.5. The lowest BCUT2D eigenvalue weighted by Crippen LogP contribution is -2.42. The lowest BCUT2D eigenvalue weighted by Gasteiger charge is -2.32. The van der Waals surface area contributed by atoms with Crippen molar-refractivity contribution in [2.75, 3.05) is 30.3 Å². The normalized spacial score (nSPS) is 25.9. The molecule has 43 heavy (non-hydrogen) atoms. The van der Waals surface area contributed by atoms with Crippen LogP contribution in [0.5, 0.6) is 5.75 Å². The zero-order chi connectivity index (χ0) is 30.5. The van der Waals surface area contributed by atoms with E-state index in [4.69, 9.17) is 19.5 Å². The van der Waals surface area contributed by atoms with Gasteiger partial charge in [0.15, 0.2) is 29.4 Å². The number of benzene rings is 2. The second-order valence-corrected chi connectivity index (χ2v) is 12.5. The molecule has 2 unspecified atom stereocenters. The molecule has 14 nitrogen and oxygen atoms in total. The summed E-state index contributed by atoms with van der Waals surface area (Å²) in [6, 6.07) is 10.9. The van der Waals surface area contributed by atoms with E-state index < -0.39 is 50.5 Å². The van der Waals surface area contributed by atoms with Gasteiger partial charge >= 0.3 is 13.7 Å². The Morgan fingerprint density at radius 1 is 1.28 bits per heavy atom. The summed E-state index contributed by atoms with van der Waals surface area (Å²) in [7, 11) is -4.44. The molecule has 5 N–H and O–H groups in total. The molecular weight excluding hydrogens is 584 g/mol. The number of hydrogen-bond acceptors (Lipinski definition) is 11. The van der Waals surface area contributed by atoms with Crippen molar-refractivity contribution in [3.8, 4) is 5.75 Å². The summed E-state index contributed by atoms with van der Waals surface area (Å²) in [6.45, 7) is 3.42. The smallest absolute Gasteiger partial charge is 0.459 e. The molecule has 0 aliphatic carbocycles. The van der Waals surface area contributed by atoms with Crippen molar-refractivity contribution in [1.82, 2.24) is 24.6 Å². The van der Waals surface area contributed by atoms with E-state index in [1.807, 2.05) is 23.1 Å². The molecule has 6 rings (SSSR count). The molecule has 4 aromatic rings. The number of alkyl halides is 1. The van der Waals surface area contributed by atoms with Gasteiger partial charge < -0.3 is 30.1 Å². The number of aromatic nitrogens is 4. The molecule has 0 radical (unpaired) electrons. The highest BCUT2D eigenvalue weighted by Crippen LogP contribution is 2.49. The molecule has 228 valence electrons. The zero-order valence-electron chi connectivity index (χ0n) is 23.3. The van der Waals surface area contributed by atoms with Crippen LogP contribution in [0.2, 0.25) is 0 Å². The highest BCUT2D eigenvalue weighted by atomic mass is 31.2. The summed E-state index contributed by atoms with van der Waals surface area (Å²) in [5.74, 6) is -0.622. The van der Waals surface area contributed by atoms with E-state index in [0.717, 1.165) is 24.9 Å². The number of nitrogens with one attached hydrogen (secondary N) is 1. The van der Waals surface area contributed by atoms with Crippen LogP contribution in [0.3, 0.4) is 0 Å². The Kier molecular flexibility index (Phi) is 7.47. The van der Waals surface area contributed by atoms with Crippen molar-refractivity contribution in [3.05, 3.63) is 48.8 Å². The van der Waals surface area contributed by atoms with Crippen molar-refractivity contribution in [1.29, 1.82) is 0 Å². The Hall–Kier alpha value is -3.88. The largest absolute Gasteiger partial charge is 0.480 e. The average Bonchev–Trinajstić information content (AvgIpc) is 3.44. The number of rotatable bonds is 10. The number of anilines is 2. The third-order valence-electron chi connectivity index (χ3n) is 7.62. The first-order valence-corrected chi connectivity index (χ1v) is 15.2. The Morgan fingerprint density at radius 3 is 2.74 bits per heavy atom. The third-order valence-corrected chi connectivity index (χ3v) is 9.25. The van der Waals surface area contributed by atoms with Crippen LogP contribution in [-0.4, -0.2) is 79.3 Å². The molecule has 2 aliphatic heterocycles. The van der Waals surface area contributed by atoms with Gasteiger partial charge in [-0.1, -0.05) is 36.4 Å². The average molecular weight is 616 g/mol. The van der Waals surface area contributed by atoms with Crippen LogP contribution >= 0.6 is 7.75 Å². The van der Waals surface area contributed by atoms with Gasteiger partial charge in [0.2, 0.25) is 5.95 Å². The van der Waals surface area contributed by atoms with Crippen molar-refractivity contribution < 1.29 is 37.7 Å². The van der Waals surface area contributed by atoms with E-state index in [1.165, 1.54) is 24.7 Å². The second-order valence-electron chi connectivity index (χ2n) is 10.8. The van der Waals surface area contributed by atoms with Gasteiger partial charge in [-0.25, -0.2) is 13.9 Å². The minimum absolute atomic E-state index is 0.0179. The van der Waals surface area contributed by atoms with E-state index >= 15 is 4.39 Å². The molecule has 16 heteroatoms. The van der Waals surface area contributed by atoms with Crippen molar-refractivity contribution in [2.24, 2.45) is 0 Å². The van der Waals surface area contributed by atoms with E-state index in [-0.39, 0.29) is 17.3 Å². The number of ether oxygens (including phenoxy) is 1. The lowest BCUT2D eigenvalue weighted by atomic mass is 9.98. The number of halogens is 1. The maximum Gasteiger partial charge on any atom is 0.459 e. The molecule has 2 saturated heterocycles. The molecule has 6 atom stereocenters. The Bertz CT molecular complexity index is 1730. The molecular formula is C27H31FN7O7P.